The van der Waals surface area contributed by atoms with E-state index in [-0.39, 0.29) is 16.8 Å². The van der Waals surface area contributed by atoms with Gasteiger partial charge in [0, 0.05) is 18.1 Å². The molecule has 19 heavy (non-hydrogen) atoms. The fraction of sp³-hybridized carbons (Fsp3) is 0.500. The first-order valence-corrected chi connectivity index (χ1v) is 7.76. The van der Waals surface area contributed by atoms with E-state index in [0.29, 0.717) is 6.42 Å². The van der Waals surface area contributed by atoms with Crippen molar-refractivity contribution in [1.29, 1.82) is 0 Å². The summed E-state index contributed by atoms with van der Waals surface area (Å²) in [5.41, 5.74) is 5.14. The monoisotopic (exact) mass is 308 g/mol. The smallest absolute Gasteiger partial charge is 0.246 e. The van der Waals surface area contributed by atoms with E-state index in [1.165, 1.54) is 13.1 Å². The van der Waals surface area contributed by atoms with Gasteiger partial charge in [0.15, 0.2) is 5.82 Å². The maximum absolute atomic E-state index is 13.9. The molecule has 0 bridgehead atoms. The van der Waals surface area contributed by atoms with Gasteiger partial charge in [-0.15, -0.1) is 0 Å². The molecule has 1 unspecified atom stereocenters. The minimum Gasteiger partial charge on any atom is -0.396 e. The minimum atomic E-state index is -3.94. The third-order valence-corrected chi connectivity index (χ3v) is 5.21. The Labute approximate surface area is 118 Å². The summed E-state index contributed by atoms with van der Waals surface area (Å²) >= 11 is 5.74. The van der Waals surface area contributed by atoms with Crippen LogP contribution in [0.1, 0.15) is 26.7 Å². The van der Waals surface area contributed by atoms with Crippen LogP contribution < -0.4 is 5.73 Å². The molecule has 0 saturated heterocycles. The van der Waals surface area contributed by atoms with E-state index in [2.05, 4.69) is 0 Å². The number of nitrogen functional groups attached to an aromatic ring is 1. The fourth-order valence-electron chi connectivity index (χ4n) is 1.76. The van der Waals surface area contributed by atoms with Gasteiger partial charge in [0.2, 0.25) is 10.0 Å². The third kappa shape index (κ3) is 3.38. The molecule has 7 heteroatoms. The Balaban J connectivity index is 3.28. The van der Waals surface area contributed by atoms with Crippen molar-refractivity contribution in [3.05, 3.63) is 23.0 Å². The number of sulfonamides is 1. The molecular weight excluding hydrogens is 291 g/mol. The first kappa shape index (κ1) is 16.2. The molecule has 0 saturated carbocycles. The highest BCUT2D eigenvalue weighted by Gasteiger charge is 2.29. The quantitative estimate of drug-likeness (QED) is 0.851. The Morgan fingerprint density at radius 3 is 2.58 bits per heavy atom. The Bertz CT molecular complexity index is 563. The van der Waals surface area contributed by atoms with E-state index in [0.717, 1.165) is 16.8 Å². The number of anilines is 1. The van der Waals surface area contributed by atoms with E-state index < -0.39 is 20.7 Å². The Morgan fingerprint density at radius 2 is 2.05 bits per heavy atom. The molecule has 0 amide bonds. The number of nitrogens with two attached hydrogens (primary N) is 1. The summed E-state index contributed by atoms with van der Waals surface area (Å²) in [6.07, 6.45) is 1.52. The lowest BCUT2D eigenvalue weighted by molar-refractivity contribution is 0.367. The van der Waals surface area contributed by atoms with Gasteiger partial charge < -0.3 is 5.73 Å². The summed E-state index contributed by atoms with van der Waals surface area (Å²) in [5.74, 6) is -0.958. The third-order valence-electron chi connectivity index (χ3n) is 3.02. The van der Waals surface area contributed by atoms with Crippen LogP contribution in [0.25, 0.3) is 0 Å². The molecule has 0 heterocycles. The van der Waals surface area contributed by atoms with Gasteiger partial charge >= 0.3 is 0 Å². The number of nitrogens with zero attached hydrogens (tertiary/aromatic N) is 1. The molecule has 0 aliphatic carbocycles. The van der Waals surface area contributed by atoms with Crippen molar-refractivity contribution in [2.45, 2.75) is 37.6 Å². The van der Waals surface area contributed by atoms with Crippen molar-refractivity contribution in [2.75, 3.05) is 12.8 Å². The second-order valence-corrected chi connectivity index (χ2v) is 6.87. The van der Waals surface area contributed by atoms with Gasteiger partial charge in [-0.2, -0.15) is 4.31 Å². The molecule has 2 N–H and O–H groups in total. The minimum absolute atomic E-state index is 0.0917. The van der Waals surface area contributed by atoms with Crippen molar-refractivity contribution in [3.63, 3.8) is 0 Å². The van der Waals surface area contributed by atoms with Crippen LogP contribution in [0, 0.1) is 5.82 Å². The summed E-state index contributed by atoms with van der Waals surface area (Å²) in [6, 6.07) is 2.04. The average molecular weight is 309 g/mol. The van der Waals surface area contributed by atoms with E-state index in [4.69, 9.17) is 17.3 Å². The number of rotatable bonds is 5. The van der Waals surface area contributed by atoms with E-state index in [1.807, 2.05) is 6.92 Å². The van der Waals surface area contributed by atoms with Gasteiger partial charge in [-0.3, -0.25) is 0 Å². The van der Waals surface area contributed by atoms with Crippen molar-refractivity contribution in [3.8, 4) is 0 Å². The summed E-state index contributed by atoms with van der Waals surface area (Å²) in [6.45, 7) is 3.72. The molecule has 0 aliphatic heterocycles. The van der Waals surface area contributed by atoms with Gasteiger partial charge in [0.25, 0.3) is 0 Å². The van der Waals surface area contributed by atoms with Crippen LogP contribution in [0.4, 0.5) is 10.1 Å². The molecule has 0 spiro atoms. The molecule has 108 valence electrons. The lowest BCUT2D eigenvalue weighted by Gasteiger charge is -2.24. The van der Waals surface area contributed by atoms with E-state index in [1.54, 1.807) is 6.92 Å². The molecule has 1 aromatic rings. The zero-order chi connectivity index (χ0) is 14.8. The molecule has 0 aliphatic rings. The number of hydrogen-bond acceptors (Lipinski definition) is 3. The first-order valence-electron chi connectivity index (χ1n) is 5.94. The predicted octanol–water partition coefficient (Wildman–Crippen LogP) is 2.87. The molecule has 1 atom stereocenters. The first-order chi connectivity index (χ1) is 8.71. The van der Waals surface area contributed by atoms with Crippen LogP contribution in [0.2, 0.25) is 5.02 Å². The highest BCUT2D eigenvalue weighted by atomic mass is 35.5. The molecule has 0 aromatic heterocycles. The second kappa shape index (κ2) is 6.07. The highest BCUT2D eigenvalue weighted by molar-refractivity contribution is 7.89. The lowest BCUT2D eigenvalue weighted by atomic mass is 10.2. The molecule has 1 aromatic carbocycles. The van der Waals surface area contributed by atoms with E-state index in [9.17, 15) is 12.8 Å². The number of benzene rings is 1. The molecule has 0 radical (unpaired) electrons. The van der Waals surface area contributed by atoms with Gasteiger partial charge in [-0.25, -0.2) is 12.8 Å². The van der Waals surface area contributed by atoms with Crippen molar-refractivity contribution >= 4 is 27.3 Å². The largest absolute Gasteiger partial charge is 0.396 e. The molecular formula is C12H18ClFN2O2S. The topological polar surface area (TPSA) is 63.4 Å². The number of hydrogen-bond donors (Lipinski definition) is 1. The standard InChI is InChI=1S/C12H18ClFN2O2S/c1-4-5-8(2)16(3)19(17,18)11-7-9(13)6-10(15)12(11)14/h6-8H,4-5,15H2,1-3H3. The van der Waals surface area contributed by atoms with Crippen molar-refractivity contribution in [1.82, 2.24) is 4.31 Å². The van der Waals surface area contributed by atoms with Crippen LogP contribution in [0.5, 0.6) is 0 Å². The summed E-state index contributed by atoms with van der Waals surface area (Å²) in [7, 11) is -2.52. The highest BCUT2D eigenvalue weighted by Crippen LogP contribution is 2.28. The molecule has 4 nitrogen and oxygen atoms in total. The number of halogens is 2. The maximum Gasteiger partial charge on any atom is 0.246 e. The van der Waals surface area contributed by atoms with Crippen molar-refractivity contribution < 1.29 is 12.8 Å². The maximum atomic E-state index is 13.9. The van der Waals surface area contributed by atoms with Crippen LogP contribution >= 0.6 is 11.6 Å². The fourth-order valence-corrected chi connectivity index (χ4v) is 3.56. The van der Waals surface area contributed by atoms with Crippen LogP contribution in [0.15, 0.2) is 17.0 Å². The van der Waals surface area contributed by atoms with Gasteiger partial charge in [-0.05, 0) is 25.5 Å². The Hall–Kier alpha value is -0.850. The van der Waals surface area contributed by atoms with Crippen LogP contribution in [-0.4, -0.2) is 25.8 Å². The predicted molar refractivity (Wildman–Crippen MR) is 75.1 cm³/mol. The Kier molecular flexibility index (Phi) is 5.18. The normalized spacial score (nSPS) is 13.8. The zero-order valence-electron chi connectivity index (χ0n) is 11.2. The van der Waals surface area contributed by atoms with E-state index >= 15 is 0 Å². The van der Waals surface area contributed by atoms with Gasteiger partial charge in [0.05, 0.1) is 5.69 Å². The summed E-state index contributed by atoms with van der Waals surface area (Å²) < 4.78 is 39.7. The van der Waals surface area contributed by atoms with Crippen molar-refractivity contribution in [2.24, 2.45) is 0 Å². The molecule has 1 rings (SSSR count). The van der Waals surface area contributed by atoms with Crippen LogP contribution in [-0.2, 0) is 10.0 Å². The second-order valence-electron chi connectivity index (χ2n) is 4.47. The van der Waals surface area contributed by atoms with Crippen LogP contribution in [0.3, 0.4) is 0 Å². The summed E-state index contributed by atoms with van der Waals surface area (Å²) in [4.78, 5) is -0.483. The zero-order valence-corrected chi connectivity index (χ0v) is 12.7. The summed E-state index contributed by atoms with van der Waals surface area (Å²) in [5, 5.41) is 0.0917. The average Bonchev–Trinajstić information content (AvgIpc) is 2.32. The lowest BCUT2D eigenvalue weighted by Crippen LogP contribution is -2.35. The molecule has 0 fully saturated rings. The Morgan fingerprint density at radius 1 is 1.47 bits per heavy atom. The van der Waals surface area contributed by atoms with Gasteiger partial charge in [-0.1, -0.05) is 24.9 Å². The SMILES string of the molecule is CCCC(C)N(C)S(=O)(=O)c1cc(Cl)cc(N)c1F. The van der Waals surface area contributed by atoms with Gasteiger partial charge in [0.1, 0.15) is 4.90 Å².